The molecule has 21 heavy (non-hydrogen) atoms. The third-order valence-corrected chi connectivity index (χ3v) is 4.10. The quantitative estimate of drug-likeness (QED) is 0.569. The fourth-order valence-electron chi connectivity index (χ4n) is 1.97. The number of non-ortho nitro benzene ring substituents is 1. The molecule has 3 rings (SSSR count). The van der Waals surface area contributed by atoms with E-state index in [2.05, 4.69) is 10.3 Å². The number of hydrogen-bond donors (Lipinski definition) is 1. The molecule has 3 aromatic rings. The van der Waals surface area contributed by atoms with Gasteiger partial charge in [0, 0.05) is 17.6 Å². The molecule has 0 aliphatic carbocycles. The molecule has 0 aliphatic heterocycles. The van der Waals surface area contributed by atoms with Gasteiger partial charge in [-0.15, -0.1) is 0 Å². The first kappa shape index (κ1) is 13.8. The third-order valence-electron chi connectivity index (χ3n) is 2.92. The van der Waals surface area contributed by atoms with E-state index in [1.165, 1.54) is 17.4 Å². The standard InChI is InChI=1S/C14H10ClN3O2S/c15-10-6-11(18(19)20)13-12(7-10)21-14(17-13)16-8-9-4-2-1-3-5-9/h1-7H,8H2,(H,16,17). The van der Waals surface area contributed by atoms with Gasteiger partial charge in [-0.2, -0.15) is 0 Å². The van der Waals surface area contributed by atoms with Gasteiger partial charge in [-0.3, -0.25) is 10.1 Å². The Hall–Kier alpha value is -2.18. The second-order valence-electron chi connectivity index (χ2n) is 4.39. The Morgan fingerprint density at radius 1 is 1.29 bits per heavy atom. The van der Waals surface area contributed by atoms with Gasteiger partial charge >= 0.3 is 0 Å². The van der Waals surface area contributed by atoms with Gasteiger partial charge in [0.15, 0.2) is 10.6 Å². The van der Waals surface area contributed by atoms with E-state index in [1.54, 1.807) is 6.07 Å². The zero-order valence-corrected chi connectivity index (χ0v) is 12.3. The molecule has 0 saturated heterocycles. The summed E-state index contributed by atoms with van der Waals surface area (Å²) in [5.74, 6) is 0. The van der Waals surface area contributed by atoms with E-state index >= 15 is 0 Å². The fourth-order valence-corrected chi connectivity index (χ4v) is 3.17. The third kappa shape index (κ3) is 2.96. The molecule has 0 bridgehead atoms. The Balaban J connectivity index is 1.90. The molecule has 0 radical (unpaired) electrons. The summed E-state index contributed by atoms with van der Waals surface area (Å²) in [5.41, 5.74) is 1.41. The van der Waals surface area contributed by atoms with E-state index in [9.17, 15) is 10.1 Å². The lowest BCUT2D eigenvalue weighted by atomic mass is 10.2. The Morgan fingerprint density at radius 3 is 2.76 bits per heavy atom. The first-order chi connectivity index (χ1) is 10.1. The van der Waals surface area contributed by atoms with Crippen molar-refractivity contribution < 1.29 is 4.92 Å². The SMILES string of the molecule is O=[N+]([O-])c1cc(Cl)cc2sc(NCc3ccccc3)nc12. The van der Waals surface area contributed by atoms with Crippen molar-refractivity contribution in [3.63, 3.8) is 0 Å². The summed E-state index contributed by atoms with van der Waals surface area (Å²) < 4.78 is 0.699. The van der Waals surface area contributed by atoms with Crippen LogP contribution in [0.3, 0.4) is 0 Å². The highest BCUT2D eigenvalue weighted by atomic mass is 35.5. The summed E-state index contributed by atoms with van der Waals surface area (Å²) in [5, 5.41) is 15.2. The lowest BCUT2D eigenvalue weighted by Crippen LogP contribution is -1.98. The van der Waals surface area contributed by atoms with Crippen LogP contribution in [0.1, 0.15) is 5.56 Å². The number of fused-ring (bicyclic) bond motifs is 1. The Morgan fingerprint density at radius 2 is 2.05 bits per heavy atom. The first-order valence-electron chi connectivity index (χ1n) is 6.16. The molecule has 0 spiro atoms. The van der Waals surface area contributed by atoms with Gasteiger partial charge < -0.3 is 5.32 Å². The van der Waals surface area contributed by atoms with Crippen molar-refractivity contribution in [3.8, 4) is 0 Å². The number of rotatable bonds is 4. The van der Waals surface area contributed by atoms with Crippen LogP contribution in [0, 0.1) is 10.1 Å². The second-order valence-corrected chi connectivity index (χ2v) is 5.85. The van der Waals surface area contributed by atoms with E-state index in [1.807, 2.05) is 30.3 Å². The minimum Gasteiger partial charge on any atom is -0.357 e. The number of nitro benzene ring substituents is 1. The summed E-state index contributed by atoms with van der Waals surface area (Å²) >= 11 is 7.26. The van der Waals surface area contributed by atoms with Gasteiger partial charge in [-0.05, 0) is 11.6 Å². The van der Waals surface area contributed by atoms with Crippen molar-refractivity contribution >= 4 is 44.0 Å². The molecule has 1 aromatic heterocycles. The predicted molar refractivity (Wildman–Crippen MR) is 85.1 cm³/mol. The largest absolute Gasteiger partial charge is 0.357 e. The molecule has 5 nitrogen and oxygen atoms in total. The van der Waals surface area contributed by atoms with Crippen LogP contribution in [-0.2, 0) is 6.54 Å². The Labute approximate surface area is 129 Å². The lowest BCUT2D eigenvalue weighted by Gasteiger charge is -2.01. The number of nitro groups is 1. The minimum atomic E-state index is -0.463. The molecule has 0 unspecified atom stereocenters. The molecule has 7 heteroatoms. The number of benzene rings is 2. The van der Waals surface area contributed by atoms with Crippen molar-refractivity contribution in [1.82, 2.24) is 4.98 Å². The smallest absolute Gasteiger partial charge is 0.297 e. The maximum absolute atomic E-state index is 11.0. The second kappa shape index (κ2) is 5.67. The summed E-state index contributed by atoms with van der Waals surface area (Å²) in [6.07, 6.45) is 0. The number of nitrogens with one attached hydrogen (secondary N) is 1. The summed E-state index contributed by atoms with van der Waals surface area (Å²) in [6, 6.07) is 12.9. The average molecular weight is 320 g/mol. The molecule has 0 saturated carbocycles. The predicted octanol–water partition coefficient (Wildman–Crippen LogP) is 4.47. The molecule has 1 N–H and O–H groups in total. The Bertz CT molecular complexity index is 805. The molecular weight excluding hydrogens is 310 g/mol. The topological polar surface area (TPSA) is 68.1 Å². The van der Waals surface area contributed by atoms with Gasteiger partial charge in [0.1, 0.15) is 0 Å². The van der Waals surface area contributed by atoms with Crippen LogP contribution >= 0.6 is 22.9 Å². The maximum Gasteiger partial charge on any atom is 0.297 e. The van der Waals surface area contributed by atoms with Gasteiger partial charge in [0.25, 0.3) is 5.69 Å². The highest BCUT2D eigenvalue weighted by molar-refractivity contribution is 7.22. The first-order valence-corrected chi connectivity index (χ1v) is 7.35. The molecule has 1 heterocycles. The summed E-state index contributed by atoms with van der Waals surface area (Å²) in [7, 11) is 0. The van der Waals surface area contributed by atoms with Crippen molar-refractivity contribution in [3.05, 3.63) is 63.2 Å². The molecule has 0 fully saturated rings. The van der Waals surface area contributed by atoms with Gasteiger partial charge in [0.05, 0.1) is 9.62 Å². The maximum atomic E-state index is 11.0. The van der Waals surface area contributed by atoms with Gasteiger partial charge in [0.2, 0.25) is 0 Å². The normalized spacial score (nSPS) is 10.7. The van der Waals surface area contributed by atoms with Crippen molar-refractivity contribution in [2.24, 2.45) is 0 Å². The molecule has 106 valence electrons. The van der Waals surface area contributed by atoms with E-state index in [0.29, 0.717) is 26.9 Å². The van der Waals surface area contributed by atoms with E-state index < -0.39 is 4.92 Å². The van der Waals surface area contributed by atoms with Crippen LogP contribution in [0.25, 0.3) is 10.2 Å². The zero-order valence-electron chi connectivity index (χ0n) is 10.7. The minimum absolute atomic E-state index is 0.0680. The van der Waals surface area contributed by atoms with Gasteiger partial charge in [-0.1, -0.05) is 53.3 Å². The van der Waals surface area contributed by atoms with Crippen molar-refractivity contribution in [2.45, 2.75) is 6.54 Å². The Kier molecular flexibility index (Phi) is 3.72. The fraction of sp³-hybridized carbons (Fsp3) is 0.0714. The number of halogens is 1. The molecule has 0 amide bonds. The number of aromatic nitrogens is 1. The lowest BCUT2D eigenvalue weighted by molar-refractivity contribution is -0.383. The molecule has 0 atom stereocenters. The monoisotopic (exact) mass is 319 g/mol. The van der Waals surface area contributed by atoms with Crippen LogP contribution in [0.4, 0.5) is 10.8 Å². The van der Waals surface area contributed by atoms with E-state index in [4.69, 9.17) is 11.6 Å². The highest BCUT2D eigenvalue weighted by Crippen LogP contribution is 2.35. The summed E-state index contributed by atoms with van der Waals surface area (Å²) in [4.78, 5) is 14.9. The average Bonchev–Trinajstić information content (AvgIpc) is 2.87. The van der Waals surface area contributed by atoms with Crippen LogP contribution in [0.2, 0.25) is 5.02 Å². The van der Waals surface area contributed by atoms with E-state index in [0.717, 1.165) is 5.56 Å². The molecule has 0 aliphatic rings. The van der Waals surface area contributed by atoms with Crippen molar-refractivity contribution in [2.75, 3.05) is 5.32 Å². The van der Waals surface area contributed by atoms with Crippen LogP contribution in [0.5, 0.6) is 0 Å². The zero-order chi connectivity index (χ0) is 14.8. The summed E-state index contributed by atoms with van der Waals surface area (Å²) in [6.45, 7) is 0.613. The van der Waals surface area contributed by atoms with Crippen LogP contribution < -0.4 is 5.32 Å². The van der Waals surface area contributed by atoms with Crippen LogP contribution in [-0.4, -0.2) is 9.91 Å². The van der Waals surface area contributed by atoms with Gasteiger partial charge in [-0.25, -0.2) is 4.98 Å². The number of thiazole rings is 1. The van der Waals surface area contributed by atoms with Crippen molar-refractivity contribution in [1.29, 1.82) is 0 Å². The molecule has 2 aromatic carbocycles. The number of hydrogen-bond acceptors (Lipinski definition) is 5. The number of nitrogens with zero attached hydrogens (tertiary/aromatic N) is 2. The molecular formula is C14H10ClN3O2S. The van der Waals surface area contributed by atoms with E-state index in [-0.39, 0.29) is 5.69 Å². The number of anilines is 1. The highest BCUT2D eigenvalue weighted by Gasteiger charge is 2.17. The van der Waals surface area contributed by atoms with Crippen LogP contribution in [0.15, 0.2) is 42.5 Å².